The van der Waals surface area contributed by atoms with E-state index < -0.39 is 29.1 Å². The van der Waals surface area contributed by atoms with Gasteiger partial charge in [0.1, 0.15) is 29.5 Å². The third kappa shape index (κ3) is 3.95. The maximum Gasteiger partial charge on any atom is 0.325 e. The number of urea groups is 1. The van der Waals surface area contributed by atoms with E-state index in [1.165, 1.54) is 12.5 Å². The lowest BCUT2D eigenvalue weighted by Gasteiger charge is -2.23. The molecule has 1 unspecified atom stereocenters. The van der Waals surface area contributed by atoms with E-state index in [4.69, 9.17) is 4.74 Å². The van der Waals surface area contributed by atoms with Gasteiger partial charge in [-0.3, -0.25) is 9.69 Å². The van der Waals surface area contributed by atoms with Gasteiger partial charge in [0.15, 0.2) is 0 Å². The molecule has 5 nitrogen and oxygen atoms in total. The van der Waals surface area contributed by atoms with E-state index >= 15 is 0 Å². The normalized spacial score (nSPS) is 19.1. The van der Waals surface area contributed by atoms with Gasteiger partial charge in [-0.2, -0.15) is 0 Å². The minimum absolute atomic E-state index is 0.0117. The lowest BCUT2D eigenvalue weighted by atomic mass is 9.91. The third-order valence-corrected chi connectivity index (χ3v) is 5.19. The molecule has 0 aromatic heterocycles. The molecule has 154 valence electrons. The molecule has 3 rings (SSSR count). The van der Waals surface area contributed by atoms with Crippen LogP contribution in [-0.2, 0) is 10.3 Å². The molecular formula is C22H24F2N2O3. The van der Waals surface area contributed by atoms with Crippen molar-refractivity contribution in [3.05, 3.63) is 64.7 Å². The van der Waals surface area contributed by atoms with E-state index in [0.717, 1.165) is 28.7 Å². The summed E-state index contributed by atoms with van der Waals surface area (Å²) in [4.78, 5) is 26.1. The van der Waals surface area contributed by atoms with Gasteiger partial charge in [0.05, 0.1) is 6.54 Å². The number of carbonyl (C=O) groups is 2. The molecule has 0 spiro atoms. The van der Waals surface area contributed by atoms with Crippen molar-refractivity contribution in [2.24, 2.45) is 0 Å². The van der Waals surface area contributed by atoms with Crippen LogP contribution in [0.1, 0.15) is 43.4 Å². The first-order chi connectivity index (χ1) is 13.6. The highest BCUT2D eigenvalue weighted by molar-refractivity contribution is 6.07. The summed E-state index contributed by atoms with van der Waals surface area (Å²) >= 11 is 0. The lowest BCUT2D eigenvalue weighted by Crippen LogP contribution is -2.42. The quantitative estimate of drug-likeness (QED) is 0.735. The molecule has 3 amide bonds. The Bertz CT molecular complexity index is 961. The summed E-state index contributed by atoms with van der Waals surface area (Å²) in [5.74, 6) is -1.07. The number of hydrogen-bond acceptors (Lipinski definition) is 3. The molecule has 0 aliphatic carbocycles. The Balaban J connectivity index is 1.69. The highest BCUT2D eigenvalue weighted by Gasteiger charge is 2.50. The van der Waals surface area contributed by atoms with Crippen molar-refractivity contribution in [3.63, 3.8) is 0 Å². The van der Waals surface area contributed by atoms with Crippen LogP contribution in [-0.4, -0.2) is 30.0 Å². The SMILES string of the molecule is Cc1cc(OCCN2C(=O)NC(C)(c3cc(F)ccc3F)C2=O)ccc1C(C)C. The molecule has 1 saturated heterocycles. The van der Waals surface area contributed by atoms with Crippen molar-refractivity contribution in [1.29, 1.82) is 0 Å². The molecule has 1 atom stereocenters. The van der Waals surface area contributed by atoms with Crippen LogP contribution < -0.4 is 10.1 Å². The standard InChI is InChI=1S/C22H24F2N2O3/c1-13(2)17-7-6-16(11-14(17)3)29-10-9-26-20(27)22(4,25-21(26)28)18-12-15(23)5-8-19(18)24/h5-8,11-13H,9-10H2,1-4H3,(H,25,28). The fourth-order valence-corrected chi connectivity index (χ4v) is 3.60. The highest BCUT2D eigenvalue weighted by atomic mass is 19.1. The van der Waals surface area contributed by atoms with E-state index in [-0.39, 0.29) is 18.7 Å². The van der Waals surface area contributed by atoms with Gasteiger partial charge < -0.3 is 10.1 Å². The largest absolute Gasteiger partial charge is 0.492 e. The van der Waals surface area contributed by atoms with E-state index in [9.17, 15) is 18.4 Å². The number of benzene rings is 2. The molecule has 2 aromatic rings. The summed E-state index contributed by atoms with van der Waals surface area (Å²) in [6.07, 6.45) is 0. The van der Waals surface area contributed by atoms with E-state index in [0.29, 0.717) is 11.7 Å². The van der Waals surface area contributed by atoms with Crippen LogP contribution in [0.25, 0.3) is 0 Å². The van der Waals surface area contributed by atoms with Crippen LogP contribution in [0.2, 0.25) is 0 Å². The van der Waals surface area contributed by atoms with Crippen molar-refractivity contribution in [3.8, 4) is 5.75 Å². The van der Waals surface area contributed by atoms with Gasteiger partial charge in [-0.1, -0.05) is 19.9 Å². The first-order valence-electron chi connectivity index (χ1n) is 9.46. The second kappa shape index (κ2) is 7.81. The Hall–Kier alpha value is -2.96. The number of nitrogens with zero attached hydrogens (tertiary/aromatic N) is 1. The van der Waals surface area contributed by atoms with Crippen LogP contribution in [0.3, 0.4) is 0 Å². The summed E-state index contributed by atoms with van der Waals surface area (Å²) in [7, 11) is 0. The topological polar surface area (TPSA) is 58.6 Å². The van der Waals surface area contributed by atoms with Crippen LogP contribution in [0.15, 0.2) is 36.4 Å². The number of hydrogen-bond donors (Lipinski definition) is 1. The first-order valence-corrected chi connectivity index (χ1v) is 9.46. The monoisotopic (exact) mass is 402 g/mol. The second-order valence-corrected chi connectivity index (χ2v) is 7.66. The van der Waals surface area contributed by atoms with Gasteiger partial charge in [-0.25, -0.2) is 13.6 Å². The Morgan fingerprint density at radius 3 is 2.52 bits per heavy atom. The van der Waals surface area contributed by atoms with E-state index in [1.54, 1.807) is 0 Å². The molecule has 0 bridgehead atoms. The van der Waals surface area contributed by atoms with E-state index in [1.807, 2.05) is 25.1 Å². The number of carbonyl (C=O) groups excluding carboxylic acids is 2. The zero-order valence-corrected chi connectivity index (χ0v) is 16.9. The van der Waals surface area contributed by atoms with Crippen molar-refractivity contribution < 1.29 is 23.1 Å². The Morgan fingerprint density at radius 2 is 1.86 bits per heavy atom. The fourth-order valence-electron chi connectivity index (χ4n) is 3.60. The average Bonchev–Trinajstić information content (AvgIpc) is 2.87. The third-order valence-electron chi connectivity index (χ3n) is 5.19. The summed E-state index contributed by atoms with van der Waals surface area (Å²) in [6, 6.07) is 7.90. The molecule has 1 heterocycles. The Morgan fingerprint density at radius 1 is 1.14 bits per heavy atom. The van der Waals surface area contributed by atoms with Crippen LogP contribution >= 0.6 is 0 Å². The summed E-state index contributed by atoms with van der Waals surface area (Å²) in [5, 5.41) is 2.47. The maximum absolute atomic E-state index is 14.2. The molecular weight excluding hydrogens is 378 g/mol. The number of imide groups is 1. The number of aryl methyl sites for hydroxylation is 1. The molecule has 1 aliphatic rings. The summed E-state index contributed by atoms with van der Waals surface area (Å²) < 4.78 is 33.4. The molecule has 1 N–H and O–H groups in total. The molecule has 2 aromatic carbocycles. The second-order valence-electron chi connectivity index (χ2n) is 7.66. The van der Waals surface area contributed by atoms with Crippen LogP contribution in [0.5, 0.6) is 5.75 Å². The van der Waals surface area contributed by atoms with E-state index in [2.05, 4.69) is 19.2 Å². The van der Waals surface area contributed by atoms with Gasteiger partial charge in [0.2, 0.25) is 0 Å². The van der Waals surface area contributed by atoms with Crippen LogP contribution in [0, 0.1) is 18.6 Å². The number of amides is 3. The Kier molecular flexibility index (Phi) is 5.59. The fraction of sp³-hybridized carbons (Fsp3) is 0.364. The molecule has 1 fully saturated rings. The smallest absolute Gasteiger partial charge is 0.325 e. The number of halogens is 2. The number of nitrogens with one attached hydrogen (secondary N) is 1. The zero-order valence-electron chi connectivity index (χ0n) is 16.9. The number of rotatable bonds is 6. The molecule has 1 aliphatic heterocycles. The first kappa shape index (κ1) is 20.8. The van der Waals surface area contributed by atoms with Crippen molar-refractivity contribution in [2.45, 2.75) is 39.2 Å². The minimum Gasteiger partial charge on any atom is -0.492 e. The molecule has 29 heavy (non-hydrogen) atoms. The summed E-state index contributed by atoms with van der Waals surface area (Å²) in [6.45, 7) is 7.65. The maximum atomic E-state index is 14.2. The predicted molar refractivity (Wildman–Crippen MR) is 105 cm³/mol. The predicted octanol–water partition coefficient (Wildman–Crippen LogP) is 4.24. The van der Waals surface area contributed by atoms with Gasteiger partial charge >= 0.3 is 6.03 Å². The van der Waals surface area contributed by atoms with Crippen molar-refractivity contribution >= 4 is 11.9 Å². The minimum atomic E-state index is -1.67. The van der Waals surface area contributed by atoms with Gasteiger partial charge in [0.25, 0.3) is 5.91 Å². The van der Waals surface area contributed by atoms with Gasteiger partial charge in [-0.15, -0.1) is 0 Å². The molecule has 0 saturated carbocycles. The average molecular weight is 402 g/mol. The molecule has 7 heteroatoms. The highest BCUT2D eigenvalue weighted by Crippen LogP contribution is 2.31. The number of ether oxygens (including phenoxy) is 1. The van der Waals surface area contributed by atoms with Crippen molar-refractivity contribution in [1.82, 2.24) is 10.2 Å². The van der Waals surface area contributed by atoms with Gasteiger partial charge in [0, 0.05) is 5.56 Å². The van der Waals surface area contributed by atoms with Crippen molar-refractivity contribution in [2.75, 3.05) is 13.2 Å². The van der Waals surface area contributed by atoms with Gasteiger partial charge in [-0.05, 0) is 61.2 Å². The lowest BCUT2D eigenvalue weighted by molar-refractivity contribution is -0.131. The summed E-state index contributed by atoms with van der Waals surface area (Å²) in [5.41, 5.74) is 0.443. The Labute approximate surface area is 168 Å². The zero-order chi connectivity index (χ0) is 21.3. The van der Waals surface area contributed by atoms with Crippen LogP contribution in [0.4, 0.5) is 13.6 Å². The molecule has 0 radical (unpaired) electrons.